The van der Waals surface area contributed by atoms with E-state index < -0.39 is 0 Å². The summed E-state index contributed by atoms with van der Waals surface area (Å²) in [6, 6.07) is 9.49. The third-order valence-corrected chi connectivity index (χ3v) is 1.67. The van der Waals surface area contributed by atoms with Crippen molar-refractivity contribution in [3.05, 3.63) is 30.3 Å². The Kier molecular flexibility index (Phi) is 3.42. The van der Waals surface area contributed by atoms with Crippen molar-refractivity contribution in [1.82, 2.24) is 0 Å². The molecule has 0 amide bonds. The SMILES string of the molecule is C#CCCN(C#N)c1ccccc1. The molecule has 0 aliphatic heterocycles. The Morgan fingerprint density at radius 1 is 1.31 bits per heavy atom. The molecule has 1 aromatic carbocycles. The van der Waals surface area contributed by atoms with Crippen LogP contribution in [0.25, 0.3) is 0 Å². The summed E-state index contributed by atoms with van der Waals surface area (Å²) >= 11 is 0. The Morgan fingerprint density at radius 2 is 2.00 bits per heavy atom. The van der Waals surface area contributed by atoms with Crippen LogP contribution in [0, 0.1) is 23.8 Å². The Bertz CT molecular complexity index is 329. The van der Waals surface area contributed by atoms with Crippen LogP contribution in [-0.4, -0.2) is 6.54 Å². The second-order valence-electron chi connectivity index (χ2n) is 2.54. The van der Waals surface area contributed by atoms with E-state index in [1.165, 1.54) is 0 Å². The summed E-state index contributed by atoms with van der Waals surface area (Å²) in [5.41, 5.74) is 0.889. The fraction of sp³-hybridized carbons (Fsp3) is 0.182. The monoisotopic (exact) mass is 170 g/mol. The van der Waals surface area contributed by atoms with Crippen LogP contribution >= 0.6 is 0 Å². The quantitative estimate of drug-likeness (QED) is 0.394. The Morgan fingerprint density at radius 3 is 2.54 bits per heavy atom. The third kappa shape index (κ3) is 2.54. The molecule has 2 heteroatoms. The van der Waals surface area contributed by atoms with Gasteiger partial charge < -0.3 is 0 Å². The van der Waals surface area contributed by atoms with Crippen molar-refractivity contribution in [1.29, 1.82) is 5.26 Å². The number of nitrogens with zero attached hydrogens (tertiary/aromatic N) is 2. The van der Waals surface area contributed by atoms with Crippen molar-refractivity contribution in [3.8, 4) is 18.5 Å². The molecule has 64 valence electrons. The van der Waals surface area contributed by atoms with Crippen molar-refractivity contribution >= 4 is 5.69 Å². The lowest BCUT2D eigenvalue weighted by molar-refractivity contribution is 0.960. The molecule has 13 heavy (non-hydrogen) atoms. The lowest BCUT2D eigenvalue weighted by Crippen LogP contribution is -2.16. The molecule has 1 aromatic rings. The molecule has 0 aliphatic carbocycles. The zero-order chi connectivity index (χ0) is 9.52. The molecule has 0 aromatic heterocycles. The molecule has 0 spiro atoms. The molecular weight excluding hydrogens is 160 g/mol. The van der Waals surface area contributed by atoms with Gasteiger partial charge in [0, 0.05) is 13.0 Å². The molecule has 0 saturated heterocycles. The minimum absolute atomic E-state index is 0.580. The second-order valence-corrected chi connectivity index (χ2v) is 2.54. The molecule has 0 saturated carbocycles. The van der Waals surface area contributed by atoms with Crippen LogP contribution in [0.4, 0.5) is 5.69 Å². The first kappa shape index (κ1) is 9.16. The predicted octanol–water partition coefficient (Wildman–Crippen LogP) is 2.00. The summed E-state index contributed by atoms with van der Waals surface area (Å²) in [5, 5.41) is 8.81. The summed E-state index contributed by atoms with van der Waals surface area (Å²) in [7, 11) is 0. The highest BCUT2D eigenvalue weighted by molar-refractivity contribution is 5.49. The largest absolute Gasteiger partial charge is 0.279 e. The summed E-state index contributed by atoms with van der Waals surface area (Å²) in [5.74, 6) is 2.51. The van der Waals surface area contributed by atoms with Gasteiger partial charge in [-0.15, -0.1) is 12.3 Å². The number of rotatable bonds is 3. The third-order valence-electron chi connectivity index (χ3n) is 1.67. The smallest absolute Gasteiger partial charge is 0.184 e. The average Bonchev–Trinajstić information content (AvgIpc) is 2.21. The zero-order valence-electron chi connectivity index (χ0n) is 7.27. The number of nitriles is 1. The van der Waals surface area contributed by atoms with Crippen molar-refractivity contribution in [2.24, 2.45) is 0 Å². The Balaban J connectivity index is 2.70. The number of hydrogen-bond donors (Lipinski definition) is 0. The number of hydrogen-bond acceptors (Lipinski definition) is 2. The van der Waals surface area contributed by atoms with Gasteiger partial charge in [0.1, 0.15) is 0 Å². The number of para-hydroxylation sites is 1. The van der Waals surface area contributed by atoms with Crippen LogP contribution in [0.5, 0.6) is 0 Å². The van der Waals surface area contributed by atoms with Crippen LogP contribution in [0.2, 0.25) is 0 Å². The van der Waals surface area contributed by atoms with Crippen LogP contribution in [-0.2, 0) is 0 Å². The first-order valence-electron chi connectivity index (χ1n) is 4.04. The number of benzene rings is 1. The summed E-state index contributed by atoms with van der Waals surface area (Å²) in [4.78, 5) is 1.58. The number of terminal acetylenes is 1. The number of anilines is 1. The molecule has 0 radical (unpaired) electrons. The first-order valence-corrected chi connectivity index (χ1v) is 4.04. The minimum Gasteiger partial charge on any atom is -0.279 e. The molecule has 1 rings (SSSR count). The average molecular weight is 170 g/mol. The molecule has 0 bridgehead atoms. The highest BCUT2D eigenvalue weighted by atomic mass is 15.1. The summed E-state index contributed by atoms with van der Waals surface area (Å²) < 4.78 is 0. The van der Waals surface area contributed by atoms with Crippen LogP contribution in [0.3, 0.4) is 0 Å². The molecule has 0 fully saturated rings. The maximum atomic E-state index is 8.81. The zero-order valence-corrected chi connectivity index (χ0v) is 7.27. The van der Waals surface area contributed by atoms with Crippen molar-refractivity contribution in [2.45, 2.75) is 6.42 Å². The fourth-order valence-corrected chi connectivity index (χ4v) is 1.02. The fourth-order valence-electron chi connectivity index (χ4n) is 1.02. The van der Waals surface area contributed by atoms with Gasteiger partial charge in [0.2, 0.25) is 0 Å². The van der Waals surface area contributed by atoms with E-state index in [-0.39, 0.29) is 0 Å². The standard InChI is InChI=1S/C11H10N2/c1-2-3-9-13(10-12)11-7-5-4-6-8-11/h1,4-8H,3,9H2. The van der Waals surface area contributed by atoms with Crippen LogP contribution in [0.1, 0.15) is 6.42 Å². The highest BCUT2D eigenvalue weighted by Gasteiger charge is 2.01. The maximum absolute atomic E-state index is 8.81. The van der Waals surface area contributed by atoms with Gasteiger partial charge in [-0.05, 0) is 12.1 Å². The predicted molar refractivity (Wildman–Crippen MR) is 52.9 cm³/mol. The van der Waals surface area contributed by atoms with E-state index in [2.05, 4.69) is 12.1 Å². The summed E-state index contributed by atoms with van der Waals surface area (Å²) in [6.07, 6.45) is 7.80. The van der Waals surface area contributed by atoms with E-state index in [1.54, 1.807) is 4.90 Å². The van der Waals surface area contributed by atoms with Gasteiger partial charge in [-0.25, -0.2) is 0 Å². The second kappa shape index (κ2) is 4.85. The highest BCUT2D eigenvalue weighted by Crippen LogP contribution is 2.11. The molecule has 0 unspecified atom stereocenters. The lowest BCUT2D eigenvalue weighted by atomic mass is 10.3. The Labute approximate surface area is 78.4 Å². The maximum Gasteiger partial charge on any atom is 0.184 e. The van der Waals surface area contributed by atoms with E-state index >= 15 is 0 Å². The molecular formula is C11H10N2. The van der Waals surface area contributed by atoms with Gasteiger partial charge in [0.15, 0.2) is 6.19 Å². The molecule has 0 heterocycles. The topological polar surface area (TPSA) is 27.0 Å². The van der Waals surface area contributed by atoms with E-state index in [1.807, 2.05) is 30.3 Å². The van der Waals surface area contributed by atoms with Gasteiger partial charge in [-0.2, -0.15) is 5.26 Å². The van der Waals surface area contributed by atoms with E-state index in [0.29, 0.717) is 13.0 Å². The minimum atomic E-state index is 0.580. The van der Waals surface area contributed by atoms with Crippen molar-refractivity contribution in [2.75, 3.05) is 11.4 Å². The lowest BCUT2D eigenvalue weighted by Gasteiger charge is -2.13. The molecule has 0 atom stereocenters. The Hall–Kier alpha value is -1.93. The van der Waals surface area contributed by atoms with E-state index in [4.69, 9.17) is 11.7 Å². The van der Waals surface area contributed by atoms with Gasteiger partial charge in [-0.1, -0.05) is 18.2 Å². The van der Waals surface area contributed by atoms with Gasteiger partial charge in [0.05, 0.1) is 5.69 Å². The molecule has 2 nitrogen and oxygen atoms in total. The van der Waals surface area contributed by atoms with Gasteiger partial charge in [0.25, 0.3) is 0 Å². The van der Waals surface area contributed by atoms with E-state index in [0.717, 1.165) is 5.69 Å². The van der Waals surface area contributed by atoms with Crippen LogP contribution in [0.15, 0.2) is 30.3 Å². The normalized spacial score (nSPS) is 8.46. The van der Waals surface area contributed by atoms with Crippen molar-refractivity contribution in [3.63, 3.8) is 0 Å². The van der Waals surface area contributed by atoms with E-state index in [9.17, 15) is 0 Å². The first-order chi connectivity index (χ1) is 6.38. The molecule has 0 aliphatic rings. The van der Waals surface area contributed by atoms with Gasteiger partial charge in [-0.3, -0.25) is 4.90 Å². The van der Waals surface area contributed by atoms with Crippen molar-refractivity contribution < 1.29 is 0 Å². The summed E-state index contributed by atoms with van der Waals surface area (Å²) in [6.45, 7) is 0.580. The van der Waals surface area contributed by atoms with Gasteiger partial charge >= 0.3 is 0 Å². The van der Waals surface area contributed by atoms with Crippen LogP contribution < -0.4 is 4.90 Å². The molecule has 0 N–H and O–H groups in total.